The van der Waals surface area contributed by atoms with Crippen molar-refractivity contribution in [2.45, 2.75) is 6.54 Å². The molecule has 0 radical (unpaired) electrons. The van der Waals surface area contributed by atoms with E-state index in [-0.39, 0.29) is 5.69 Å². The van der Waals surface area contributed by atoms with Crippen LogP contribution >= 0.6 is 0 Å². The molecule has 6 nitrogen and oxygen atoms in total. The summed E-state index contributed by atoms with van der Waals surface area (Å²) in [5.41, 5.74) is 0.661. The molecule has 0 saturated heterocycles. The zero-order chi connectivity index (χ0) is 11.4. The fraction of sp³-hybridized carbons (Fsp3) is 0.200. The zero-order valence-electron chi connectivity index (χ0n) is 8.79. The predicted octanol–water partition coefficient (Wildman–Crippen LogP) is 0.123. The van der Waals surface area contributed by atoms with E-state index in [0.717, 1.165) is 5.56 Å². The van der Waals surface area contributed by atoms with Gasteiger partial charge in [-0.15, -0.1) is 0 Å². The van der Waals surface area contributed by atoms with Gasteiger partial charge in [-0.25, -0.2) is 9.78 Å². The summed E-state index contributed by atoms with van der Waals surface area (Å²) in [6.45, 7) is 0.450. The third kappa shape index (κ3) is 2.22. The molecule has 6 heteroatoms. The molecular weight excluding hydrogens is 206 g/mol. The van der Waals surface area contributed by atoms with E-state index in [4.69, 9.17) is 0 Å². The minimum absolute atomic E-state index is 0.323. The quantitative estimate of drug-likeness (QED) is 0.790. The Morgan fingerprint density at radius 1 is 1.38 bits per heavy atom. The van der Waals surface area contributed by atoms with Crippen LogP contribution in [-0.2, 0) is 6.54 Å². The van der Waals surface area contributed by atoms with Gasteiger partial charge >= 0.3 is 5.69 Å². The highest BCUT2D eigenvalue weighted by Crippen LogP contribution is 1.98. The van der Waals surface area contributed by atoms with Gasteiger partial charge in [-0.2, -0.15) is 4.98 Å². The third-order valence-corrected chi connectivity index (χ3v) is 2.09. The average Bonchev–Trinajstić information content (AvgIpc) is 2.33. The lowest BCUT2D eigenvalue weighted by molar-refractivity contribution is 0.702. The normalized spacial score (nSPS) is 10.1. The topological polar surface area (TPSA) is 72.7 Å². The Labute approximate surface area is 92.0 Å². The molecule has 0 bridgehead atoms. The van der Waals surface area contributed by atoms with Crippen molar-refractivity contribution < 1.29 is 0 Å². The number of hydrogen-bond donors (Lipinski definition) is 1. The number of pyridine rings is 1. The zero-order valence-corrected chi connectivity index (χ0v) is 8.79. The smallest absolute Gasteiger partial charge is 0.352 e. The monoisotopic (exact) mass is 217 g/mol. The summed E-state index contributed by atoms with van der Waals surface area (Å²) in [4.78, 5) is 23.2. The van der Waals surface area contributed by atoms with Crippen LogP contribution in [0.3, 0.4) is 0 Å². The van der Waals surface area contributed by atoms with Gasteiger partial charge in [0.15, 0.2) is 0 Å². The molecule has 0 amide bonds. The van der Waals surface area contributed by atoms with Crippen LogP contribution in [0, 0.1) is 0 Å². The van der Waals surface area contributed by atoms with E-state index >= 15 is 0 Å². The second kappa shape index (κ2) is 4.52. The summed E-state index contributed by atoms with van der Waals surface area (Å²) in [6, 6.07) is 3.69. The van der Waals surface area contributed by atoms with Crippen LogP contribution in [0.2, 0.25) is 0 Å². The molecule has 2 heterocycles. The van der Waals surface area contributed by atoms with E-state index in [1.54, 1.807) is 19.4 Å². The van der Waals surface area contributed by atoms with Gasteiger partial charge in [0, 0.05) is 19.4 Å². The lowest BCUT2D eigenvalue weighted by Crippen LogP contribution is -2.24. The maximum Gasteiger partial charge on any atom is 0.352 e. The molecule has 2 rings (SSSR count). The van der Waals surface area contributed by atoms with E-state index in [1.165, 1.54) is 10.9 Å². The average molecular weight is 217 g/mol. The van der Waals surface area contributed by atoms with Gasteiger partial charge < -0.3 is 5.32 Å². The summed E-state index contributed by atoms with van der Waals surface area (Å²) in [5, 5.41) is 2.71. The molecule has 2 aromatic rings. The highest BCUT2D eigenvalue weighted by atomic mass is 16.1. The summed E-state index contributed by atoms with van der Waals surface area (Å²) in [5.74, 6) is 0.330. The molecule has 0 spiro atoms. The molecule has 0 fully saturated rings. The first kappa shape index (κ1) is 10.3. The SMILES string of the molecule is CNc1ncn(Cc2ccncc2)c(=O)n1. The lowest BCUT2D eigenvalue weighted by atomic mass is 10.3. The molecule has 0 aromatic carbocycles. The van der Waals surface area contributed by atoms with Crippen molar-refractivity contribution in [2.75, 3.05) is 12.4 Å². The fourth-order valence-corrected chi connectivity index (χ4v) is 1.27. The Morgan fingerprint density at radius 3 is 2.75 bits per heavy atom. The molecule has 0 saturated carbocycles. The second-order valence-electron chi connectivity index (χ2n) is 3.20. The molecule has 82 valence electrons. The molecular formula is C10H11N5O. The van der Waals surface area contributed by atoms with Crippen molar-refractivity contribution in [3.8, 4) is 0 Å². The number of anilines is 1. The fourth-order valence-electron chi connectivity index (χ4n) is 1.27. The van der Waals surface area contributed by atoms with E-state index in [2.05, 4.69) is 20.3 Å². The van der Waals surface area contributed by atoms with Crippen LogP contribution in [-0.4, -0.2) is 26.6 Å². The molecule has 1 N–H and O–H groups in total. The molecule has 0 unspecified atom stereocenters. The number of rotatable bonds is 3. The first-order valence-electron chi connectivity index (χ1n) is 4.80. The van der Waals surface area contributed by atoms with Gasteiger partial charge in [0.2, 0.25) is 5.95 Å². The van der Waals surface area contributed by atoms with Crippen LogP contribution in [0.1, 0.15) is 5.56 Å². The molecule has 0 aliphatic carbocycles. The number of nitrogens with one attached hydrogen (secondary N) is 1. The van der Waals surface area contributed by atoms with Crippen molar-refractivity contribution in [3.63, 3.8) is 0 Å². The summed E-state index contributed by atoms with van der Waals surface area (Å²) < 4.78 is 1.44. The Bertz CT molecular complexity index is 522. The Kier molecular flexibility index (Phi) is 2.90. The molecule has 2 aromatic heterocycles. The molecule has 0 aliphatic rings. The highest BCUT2D eigenvalue weighted by molar-refractivity contribution is 5.19. The van der Waals surface area contributed by atoms with Gasteiger partial charge in [-0.3, -0.25) is 9.55 Å². The number of aromatic nitrogens is 4. The molecule has 16 heavy (non-hydrogen) atoms. The van der Waals surface area contributed by atoms with E-state index < -0.39 is 0 Å². The van der Waals surface area contributed by atoms with Crippen LogP contribution in [0.15, 0.2) is 35.6 Å². The van der Waals surface area contributed by atoms with Crippen molar-refractivity contribution in [3.05, 3.63) is 46.9 Å². The maximum absolute atomic E-state index is 11.6. The van der Waals surface area contributed by atoms with Crippen LogP contribution in [0.4, 0.5) is 5.95 Å². The standard InChI is InChI=1S/C10H11N5O/c1-11-9-13-7-15(10(16)14-9)6-8-2-4-12-5-3-8/h2-5,7H,6H2,1H3,(H,11,14,16). The maximum atomic E-state index is 11.6. The largest absolute Gasteiger partial charge is 0.357 e. The predicted molar refractivity (Wildman–Crippen MR) is 59.2 cm³/mol. The number of hydrogen-bond acceptors (Lipinski definition) is 5. The Morgan fingerprint density at radius 2 is 2.12 bits per heavy atom. The lowest BCUT2D eigenvalue weighted by Gasteiger charge is -2.04. The first-order chi connectivity index (χ1) is 7.79. The van der Waals surface area contributed by atoms with Gasteiger partial charge in [0.1, 0.15) is 6.33 Å². The van der Waals surface area contributed by atoms with Gasteiger partial charge in [0.25, 0.3) is 0 Å². The van der Waals surface area contributed by atoms with Crippen LogP contribution in [0.25, 0.3) is 0 Å². The minimum Gasteiger partial charge on any atom is -0.357 e. The number of nitrogens with zero attached hydrogens (tertiary/aromatic N) is 4. The van der Waals surface area contributed by atoms with Crippen LogP contribution < -0.4 is 11.0 Å². The first-order valence-corrected chi connectivity index (χ1v) is 4.80. The minimum atomic E-state index is -0.323. The van der Waals surface area contributed by atoms with Crippen molar-refractivity contribution in [1.29, 1.82) is 0 Å². The third-order valence-electron chi connectivity index (χ3n) is 2.09. The van der Waals surface area contributed by atoms with Gasteiger partial charge in [-0.05, 0) is 17.7 Å². The molecule has 0 aliphatic heterocycles. The van der Waals surface area contributed by atoms with Crippen molar-refractivity contribution >= 4 is 5.95 Å². The van der Waals surface area contributed by atoms with E-state index in [0.29, 0.717) is 12.5 Å². The second-order valence-corrected chi connectivity index (χ2v) is 3.20. The highest BCUT2D eigenvalue weighted by Gasteiger charge is 2.00. The van der Waals surface area contributed by atoms with E-state index in [1.807, 2.05) is 12.1 Å². The molecule has 0 atom stereocenters. The summed E-state index contributed by atoms with van der Waals surface area (Å²) in [6.07, 6.45) is 4.84. The summed E-state index contributed by atoms with van der Waals surface area (Å²) in [7, 11) is 1.67. The van der Waals surface area contributed by atoms with Gasteiger partial charge in [0.05, 0.1) is 6.54 Å². The van der Waals surface area contributed by atoms with Crippen LogP contribution in [0.5, 0.6) is 0 Å². The van der Waals surface area contributed by atoms with Gasteiger partial charge in [-0.1, -0.05) is 0 Å². The summed E-state index contributed by atoms with van der Waals surface area (Å²) >= 11 is 0. The van der Waals surface area contributed by atoms with Crippen molar-refractivity contribution in [1.82, 2.24) is 19.5 Å². The Hall–Kier alpha value is -2.24. The Balaban J connectivity index is 2.26. The van der Waals surface area contributed by atoms with E-state index in [9.17, 15) is 4.79 Å². The van der Waals surface area contributed by atoms with Crippen molar-refractivity contribution in [2.24, 2.45) is 0 Å².